The largest absolute Gasteiger partial charge is 0.549 e. The van der Waals surface area contributed by atoms with Crippen LogP contribution in [0.1, 0.15) is 26.3 Å². The zero-order valence-corrected chi connectivity index (χ0v) is 11.5. The molecule has 1 unspecified atom stereocenters. The van der Waals surface area contributed by atoms with Crippen LogP contribution < -0.4 is 0 Å². The van der Waals surface area contributed by atoms with Crippen LogP contribution in [-0.2, 0) is 20.1 Å². The van der Waals surface area contributed by atoms with E-state index in [1.807, 2.05) is 30.3 Å². The van der Waals surface area contributed by atoms with Crippen molar-refractivity contribution >= 4 is 15.5 Å². The first kappa shape index (κ1) is 13.9. The Kier molecular flexibility index (Phi) is 4.86. The summed E-state index contributed by atoms with van der Waals surface area (Å²) in [7, 11) is -2.88. The molecule has 0 saturated carbocycles. The second-order valence-electron chi connectivity index (χ2n) is 4.69. The van der Waals surface area contributed by atoms with Crippen LogP contribution in [0.15, 0.2) is 30.3 Å². The fraction of sp³-hybridized carbons (Fsp3) is 0.417. The predicted octanol–water partition coefficient (Wildman–Crippen LogP) is 1.30. The van der Waals surface area contributed by atoms with E-state index in [0.29, 0.717) is 0 Å². The van der Waals surface area contributed by atoms with Crippen molar-refractivity contribution in [1.29, 1.82) is 0 Å². The number of rotatable bonds is 4. The van der Waals surface area contributed by atoms with Crippen LogP contribution in [0.4, 0.5) is 0 Å². The van der Waals surface area contributed by atoms with Gasteiger partial charge in [-0.2, -0.15) is 0 Å². The van der Waals surface area contributed by atoms with E-state index in [4.69, 9.17) is 8.85 Å². The highest BCUT2D eigenvalue weighted by molar-refractivity contribution is 6.37. The normalized spacial score (nSPS) is 13.2. The third-order valence-corrected chi connectivity index (χ3v) is 3.25. The minimum atomic E-state index is -2.88. The Balaban J connectivity index is 2.40. The Morgan fingerprint density at radius 3 is 2.41 bits per heavy atom. The lowest BCUT2D eigenvalue weighted by molar-refractivity contribution is -0.137. The molecule has 0 spiro atoms. The van der Waals surface area contributed by atoms with Gasteiger partial charge in [0.05, 0.1) is 12.0 Å². The van der Waals surface area contributed by atoms with Crippen LogP contribution >= 0.6 is 0 Å². The van der Waals surface area contributed by atoms with Crippen molar-refractivity contribution in [3.05, 3.63) is 35.9 Å². The summed E-state index contributed by atoms with van der Waals surface area (Å²) < 4.78 is 10.1. The third kappa shape index (κ3) is 6.21. The highest BCUT2D eigenvalue weighted by atomic mass is 28.3. The molecule has 0 aliphatic carbocycles. The summed E-state index contributed by atoms with van der Waals surface area (Å²) in [6, 6.07) is 9.24. The van der Waals surface area contributed by atoms with Crippen molar-refractivity contribution in [2.24, 2.45) is 0 Å². The smallest absolute Gasteiger partial charge is 0.475 e. The van der Waals surface area contributed by atoms with Crippen LogP contribution in [0.3, 0.4) is 0 Å². The fourth-order valence-electron chi connectivity index (χ4n) is 1.24. The van der Waals surface area contributed by atoms with Crippen molar-refractivity contribution in [3.63, 3.8) is 0 Å². The standard InChI is InChI=1S/C12H18O4Si/c1-12(2,3)16-17(14)15-11(13)9-10-7-5-4-6-8-10/h4-8,14,17H,9H2,1-3H3. The molecule has 0 aromatic heterocycles. The Labute approximate surface area is 103 Å². The summed E-state index contributed by atoms with van der Waals surface area (Å²) in [6.07, 6.45) is 0.151. The first-order valence-corrected chi connectivity index (χ1v) is 6.92. The molecule has 0 bridgehead atoms. The van der Waals surface area contributed by atoms with Crippen LogP contribution in [0.25, 0.3) is 0 Å². The summed E-state index contributed by atoms with van der Waals surface area (Å²) in [5.41, 5.74) is 0.355. The van der Waals surface area contributed by atoms with Crippen molar-refractivity contribution in [1.82, 2.24) is 0 Å². The highest BCUT2D eigenvalue weighted by Crippen LogP contribution is 2.09. The van der Waals surface area contributed by atoms with E-state index in [2.05, 4.69) is 0 Å². The van der Waals surface area contributed by atoms with Crippen LogP contribution in [0.5, 0.6) is 0 Å². The summed E-state index contributed by atoms with van der Waals surface area (Å²) in [5.74, 6) is -0.459. The summed E-state index contributed by atoms with van der Waals surface area (Å²) >= 11 is 0. The minimum absolute atomic E-state index is 0.151. The molecular formula is C12H18O4Si. The second kappa shape index (κ2) is 5.95. The van der Waals surface area contributed by atoms with Crippen molar-refractivity contribution in [3.8, 4) is 0 Å². The van der Waals surface area contributed by atoms with E-state index >= 15 is 0 Å². The molecular weight excluding hydrogens is 236 g/mol. The molecule has 4 nitrogen and oxygen atoms in total. The van der Waals surface area contributed by atoms with Gasteiger partial charge in [-0.1, -0.05) is 30.3 Å². The Bertz CT molecular complexity index is 359. The van der Waals surface area contributed by atoms with Gasteiger partial charge in [0.25, 0.3) is 5.97 Å². The number of carbonyl (C=O) groups excluding carboxylic acids is 1. The van der Waals surface area contributed by atoms with E-state index < -0.39 is 21.1 Å². The Morgan fingerprint density at radius 1 is 1.29 bits per heavy atom. The van der Waals surface area contributed by atoms with Gasteiger partial charge in [-0.25, -0.2) is 0 Å². The second-order valence-corrected chi connectivity index (χ2v) is 5.77. The molecule has 1 aromatic rings. The lowest BCUT2D eigenvalue weighted by atomic mass is 10.2. The molecule has 1 atom stereocenters. The Hall–Kier alpha value is -1.17. The summed E-state index contributed by atoms with van der Waals surface area (Å²) in [5, 5.41) is 0. The van der Waals surface area contributed by atoms with Crippen LogP contribution in [0, 0.1) is 0 Å². The van der Waals surface area contributed by atoms with Gasteiger partial charge >= 0.3 is 9.53 Å². The molecule has 0 saturated heterocycles. The lowest BCUT2D eigenvalue weighted by Crippen LogP contribution is -2.35. The summed E-state index contributed by atoms with van der Waals surface area (Å²) in [6.45, 7) is 5.40. The van der Waals surface area contributed by atoms with Gasteiger partial charge in [0, 0.05) is 0 Å². The maximum Gasteiger partial charge on any atom is 0.549 e. The molecule has 1 N–H and O–H groups in total. The van der Waals surface area contributed by atoms with Gasteiger partial charge in [0.1, 0.15) is 0 Å². The number of hydrogen-bond acceptors (Lipinski definition) is 4. The number of hydrogen-bond donors (Lipinski definition) is 1. The van der Waals surface area contributed by atoms with Crippen molar-refractivity contribution in [2.45, 2.75) is 32.8 Å². The minimum Gasteiger partial charge on any atom is -0.475 e. The molecule has 5 heteroatoms. The first-order valence-electron chi connectivity index (χ1n) is 5.46. The topological polar surface area (TPSA) is 55.8 Å². The van der Waals surface area contributed by atoms with Gasteiger partial charge in [0.2, 0.25) is 0 Å². The molecule has 1 aromatic carbocycles. The van der Waals surface area contributed by atoms with E-state index in [0.717, 1.165) is 5.56 Å². The van der Waals surface area contributed by atoms with Crippen molar-refractivity contribution in [2.75, 3.05) is 0 Å². The average Bonchev–Trinajstić information content (AvgIpc) is 2.15. The molecule has 0 radical (unpaired) electrons. The average molecular weight is 254 g/mol. The molecule has 0 fully saturated rings. The quantitative estimate of drug-likeness (QED) is 0.823. The highest BCUT2D eigenvalue weighted by Gasteiger charge is 2.23. The SMILES string of the molecule is CC(C)(C)O[SiH](O)OC(=O)Cc1ccccc1. The monoisotopic (exact) mass is 254 g/mol. The number of carbonyl (C=O) groups is 1. The van der Waals surface area contributed by atoms with E-state index in [-0.39, 0.29) is 6.42 Å². The number of benzene rings is 1. The predicted molar refractivity (Wildman–Crippen MR) is 66.4 cm³/mol. The van der Waals surface area contributed by atoms with E-state index in [1.54, 1.807) is 20.8 Å². The van der Waals surface area contributed by atoms with Gasteiger partial charge in [-0.3, -0.25) is 4.79 Å². The van der Waals surface area contributed by atoms with E-state index in [9.17, 15) is 9.59 Å². The zero-order valence-electron chi connectivity index (χ0n) is 10.3. The van der Waals surface area contributed by atoms with Crippen LogP contribution in [-0.4, -0.2) is 25.9 Å². The van der Waals surface area contributed by atoms with Gasteiger partial charge in [-0.05, 0) is 26.3 Å². The molecule has 94 valence electrons. The van der Waals surface area contributed by atoms with Crippen molar-refractivity contribution < 1.29 is 18.4 Å². The lowest BCUT2D eigenvalue weighted by Gasteiger charge is -2.22. The zero-order chi connectivity index (χ0) is 12.9. The van der Waals surface area contributed by atoms with Gasteiger partial charge < -0.3 is 13.6 Å². The summed E-state index contributed by atoms with van der Waals surface area (Å²) in [4.78, 5) is 21.0. The van der Waals surface area contributed by atoms with Gasteiger partial charge in [0.15, 0.2) is 0 Å². The first-order chi connectivity index (χ1) is 7.87. The fourth-order valence-corrected chi connectivity index (χ4v) is 2.20. The maximum absolute atomic E-state index is 11.5. The molecule has 0 aliphatic heterocycles. The third-order valence-electron chi connectivity index (χ3n) is 1.88. The van der Waals surface area contributed by atoms with Crippen LogP contribution in [0.2, 0.25) is 0 Å². The maximum atomic E-state index is 11.5. The molecule has 0 heterocycles. The Morgan fingerprint density at radius 2 is 1.88 bits per heavy atom. The molecule has 0 amide bonds. The molecule has 0 aliphatic rings. The molecule has 1 rings (SSSR count). The molecule has 17 heavy (non-hydrogen) atoms. The van der Waals surface area contributed by atoms with Gasteiger partial charge in [-0.15, -0.1) is 0 Å². The van der Waals surface area contributed by atoms with E-state index in [1.165, 1.54) is 0 Å².